The van der Waals surface area contributed by atoms with Crippen molar-refractivity contribution in [2.45, 2.75) is 33.1 Å². The molecule has 8 aromatic rings. The largest absolute Gasteiger partial charge is 0.509 e. The van der Waals surface area contributed by atoms with Gasteiger partial charge >= 0.3 is 6.85 Å². The summed E-state index contributed by atoms with van der Waals surface area (Å²) in [5.74, 6) is 7.68. The van der Waals surface area contributed by atoms with Gasteiger partial charge in [-0.25, -0.2) is 4.98 Å². The number of benzene rings is 6. The maximum Gasteiger partial charge on any atom is 0.314 e. The Kier molecular flexibility index (Phi) is 10.3. The maximum atomic E-state index is 6.65. The number of para-hydroxylation sites is 3. The monoisotopic (exact) mass is 995 g/mol. The molecule has 3 aliphatic heterocycles. The van der Waals surface area contributed by atoms with Gasteiger partial charge in [0, 0.05) is 67.4 Å². The summed E-state index contributed by atoms with van der Waals surface area (Å²) in [5, 5.41) is 2.23. The molecule has 0 saturated heterocycles. The number of rotatable bonds is 7. The number of hydrogen-bond donors (Lipinski definition) is 0. The Bertz CT molecular complexity index is 3160. The molecule has 6 nitrogen and oxygen atoms in total. The van der Waals surface area contributed by atoms with Crippen LogP contribution in [0.3, 0.4) is 0 Å². The molecule has 5 heterocycles. The van der Waals surface area contributed by atoms with Gasteiger partial charge in [0.05, 0.1) is 5.82 Å². The van der Waals surface area contributed by atoms with E-state index < -0.39 is 0 Å². The molecular formula is C55H43BN5OPt-3. The Morgan fingerprint density at radius 1 is 0.667 bits per heavy atom. The zero-order valence-electron chi connectivity index (χ0n) is 35.4. The zero-order chi connectivity index (χ0) is 42.0. The molecule has 0 aliphatic carbocycles. The number of fused-ring (bicyclic) bond motifs is 5. The van der Waals surface area contributed by atoms with Gasteiger partial charge < -0.3 is 23.9 Å². The summed E-state index contributed by atoms with van der Waals surface area (Å²) in [6.45, 7) is 11.0. The second kappa shape index (κ2) is 16.1. The van der Waals surface area contributed by atoms with Crippen LogP contribution in [0.5, 0.6) is 11.5 Å². The average Bonchev–Trinajstić information content (AvgIpc) is 3.85. The van der Waals surface area contributed by atoms with E-state index in [9.17, 15) is 0 Å². The fourth-order valence-electron chi connectivity index (χ4n) is 8.76. The summed E-state index contributed by atoms with van der Waals surface area (Å²) >= 11 is 0. The Labute approximate surface area is 384 Å². The van der Waals surface area contributed by atoms with Crippen LogP contribution in [0, 0.1) is 25.7 Å². The van der Waals surface area contributed by atoms with E-state index >= 15 is 0 Å². The maximum absolute atomic E-state index is 6.65. The van der Waals surface area contributed by atoms with E-state index in [1.807, 2.05) is 24.4 Å². The molecule has 0 atom stereocenters. The Morgan fingerprint density at radius 2 is 1.40 bits per heavy atom. The second-order valence-electron chi connectivity index (χ2n) is 17.1. The van der Waals surface area contributed by atoms with Crippen LogP contribution in [0.2, 0.25) is 0 Å². The molecule has 11 rings (SSSR count). The first kappa shape index (κ1) is 40.3. The van der Waals surface area contributed by atoms with Crippen LogP contribution in [0.1, 0.15) is 43.0 Å². The molecule has 0 radical (unpaired) electrons. The molecule has 0 unspecified atom stereocenters. The molecule has 63 heavy (non-hydrogen) atoms. The van der Waals surface area contributed by atoms with Crippen LogP contribution in [0.15, 0.2) is 188 Å². The van der Waals surface area contributed by atoms with Crippen molar-refractivity contribution in [3.63, 3.8) is 0 Å². The van der Waals surface area contributed by atoms with Crippen LogP contribution >= 0.6 is 0 Å². The third kappa shape index (κ3) is 7.30. The van der Waals surface area contributed by atoms with Crippen LogP contribution < -0.4 is 14.5 Å². The number of allylic oxidation sites excluding steroid dienone is 4. The van der Waals surface area contributed by atoms with Gasteiger partial charge in [-0.05, 0) is 70.3 Å². The van der Waals surface area contributed by atoms with Gasteiger partial charge in [0.25, 0.3) is 0 Å². The third-order valence-electron chi connectivity index (χ3n) is 12.0. The summed E-state index contributed by atoms with van der Waals surface area (Å²) in [5.41, 5.74) is 12.0. The summed E-state index contributed by atoms with van der Waals surface area (Å²) in [4.78, 5) is 11.8. The molecule has 8 heteroatoms. The topological polar surface area (TPSA) is 36.8 Å². The summed E-state index contributed by atoms with van der Waals surface area (Å²) in [7, 11) is 0. The number of hydrogen-bond acceptors (Lipinski definition) is 5. The van der Waals surface area contributed by atoms with Crippen molar-refractivity contribution >= 4 is 56.9 Å². The van der Waals surface area contributed by atoms with Crippen molar-refractivity contribution in [2.24, 2.45) is 0 Å². The molecule has 310 valence electrons. The Hall–Kier alpha value is -6.82. The van der Waals surface area contributed by atoms with Crippen molar-refractivity contribution < 1.29 is 25.8 Å². The minimum absolute atomic E-state index is 0. The average molecular weight is 996 g/mol. The smallest absolute Gasteiger partial charge is 0.314 e. The molecule has 0 saturated carbocycles. The van der Waals surface area contributed by atoms with E-state index in [1.165, 1.54) is 16.7 Å². The molecule has 0 fully saturated rings. The molecule has 0 amide bonds. The minimum Gasteiger partial charge on any atom is -0.509 e. The number of aromatic nitrogens is 2. The number of nitrogens with zero attached hydrogens (tertiary/aromatic N) is 5. The first-order chi connectivity index (χ1) is 30.3. The van der Waals surface area contributed by atoms with Crippen LogP contribution in [-0.2, 0) is 26.5 Å². The van der Waals surface area contributed by atoms with Crippen molar-refractivity contribution in [1.29, 1.82) is 0 Å². The Balaban J connectivity index is 0.00000471. The molecule has 0 bridgehead atoms. The third-order valence-corrected chi connectivity index (χ3v) is 12.0. The van der Waals surface area contributed by atoms with E-state index in [0.717, 1.165) is 67.2 Å². The summed E-state index contributed by atoms with van der Waals surface area (Å²) < 4.78 is 8.84. The van der Waals surface area contributed by atoms with Crippen molar-refractivity contribution in [1.82, 2.24) is 14.4 Å². The van der Waals surface area contributed by atoms with E-state index in [-0.39, 0.29) is 33.3 Å². The fraction of sp³-hybridized carbons (Fsp3) is 0.0909. The number of aryl methyl sites for hydroxylation is 1. The predicted molar refractivity (Wildman–Crippen MR) is 255 cm³/mol. The van der Waals surface area contributed by atoms with E-state index in [1.54, 1.807) is 0 Å². The van der Waals surface area contributed by atoms with E-state index in [2.05, 4.69) is 223 Å². The molecule has 0 spiro atoms. The summed E-state index contributed by atoms with van der Waals surface area (Å²) in [6.07, 6.45) is 8.70. The van der Waals surface area contributed by atoms with Gasteiger partial charge in [0.1, 0.15) is 5.82 Å². The molecule has 6 aromatic carbocycles. The predicted octanol–water partition coefficient (Wildman–Crippen LogP) is 13.2. The quantitative estimate of drug-likeness (QED) is 0.117. The van der Waals surface area contributed by atoms with E-state index in [0.29, 0.717) is 11.5 Å². The first-order valence-corrected chi connectivity index (χ1v) is 21.2. The number of pyridine rings is 1. The molecule has 0 N–H and O–H groups in total. The van der Waals surface area contributed by atoms with Crippen molar-refractivity contribution in [2.75, 3.05) is 9.80 Å². The minimum atomic E-state index is -0.0240. The normalized spacial score (nSPS) is 14.6. The van der Waals surface area contributed by atoms with Gasteiger partial charge in [0.2, 0.25) is 0 Å². The van der Waals surface area contributed by atoms with Gasteiger partial charge in [-0.1, -0.05) is 141 Å². The van der Waals surface area contributed by atoms with Crippen LogP contribution in [0.4, 0.5) is 17.1 Å². The van der Waals surface area contributed by atoms with Crippen molar-refractivity contribution in [3.8, 4) is 17.3 Å². The molecule has 3 aliphatic rings. The second-order valence-corrected chi connectivity index (χ2v) is 17.1. The first-order valence-electron chi connectivity index (χ1n) is 21.2. The Morgan fingerprint density at radius 3 is 2.21 bits per heavy atom. The molecular weight excluding hydrogens is 953 g/mol. The SMILES string of the molecule is Cc1ccc(C2=CN3B(C=C2)C=CC(c2ccccc2)=C3N2[CH-]N(c3[c-]c(Oc4[c-]c5c(cc4)c4ccccc4n5-c4cc(C(C)(C)C)ccn4)ccc3)c3ccccc32)cc1.[Pt]. The molecule has 2 aromatic heterocycles. The van der Waals surface area contributed by atoms with Gasteiger partial charge in [-0.3, -0.25) is 0 Å². The zero-order valence-corrected chi connectivity index (χ0v) is 37.7. The van der Waals surface area contributed by atoms with Crippen molar-refractivity contribution in [3.05, 3.63) is 229 Å². The van der Waals surface area contributed by atoms with E-state index in [4.69, 9.17) is 9.72 Å². The van der Waals surface area contributed by atoms with Gasteiger partial charge in [-0.2, -0.15) is 12.1 Å². The standard InChI is InChI=1S/C55H43BN5O.Pt/c1-38-21-23-39(24-22-38)41-27-30-56-31-28-46(40-13-6-5-7-14-40)54(60(56)36-41)59-37-58(50-19-10-11-20-51(50)59)43-15-12-16-44(34-43)62-45-25-26-48-47-17-8-9-18-49(47)61(52(48)35-45)53-33-42(29-32-57-53)55(2,3)4;/h5-33,36-37H,1-4H3;/q-3;. The summed E-state index contributed by atoms with van der Waals surface area (Å²) in [6, 6.07) is 58.1. The fourth-order valence-corrected chi connectivity index (χ4v) is 8.76. The van der Waals surface area contributed by atoms with Crippen LogP contribution in [-0.4, -0.2) is 21.2 Å². The van der Waals surface area contributed by atoms with Gasteiger partial charge in [-0.15, -0.1) is 48.1 Å². The number of ether oxygens (including phenoxy) is 1. The van der Waals surface area contributed by atoms with Gasteiger partial charge in [0.15, 0.2) is 0 Å². The number of anilines is 3. The van der Waals surface area contributed by atoms with Crippen LogP contribution in [0.25, 0.3) is 38.8 Å².